The van der Waals surface area contributed by atoms with Crippen molar-refractivity contribution in [1.29, 1.82) is 0 Å². The first-order chi connectivity index (χ1) is 16.4. The molecule has 0 atom stereocenters. The molecule has 0 spiro atoms. The highest BCUT2D eigenvalue weighted by Gasteiger charge is 2.34. The topological polar surface area (TPSA) is 94.4 Å². The van der Waals surface area contributed by atoms with Crippen LogP contribution >= 0.6 is 11.8 Å². The summed E-state index contributed by atoms with van der Waals surface area (Å²) in [5, 5.41) is 10.9. The van der Waals surface area contributed by atoms with Crippen LogP contribution in [0.3, 0.4) is 0 Å². The van der Waals surface area contributed by atoms with Crippen LogP contribution in [0.15, 0.2) is 76.3 Å². The fraction of sp³-hybridized carbons (Fsp3) is 0.192. The van der Waals surface area contributed by atoms with E-state index >= 15 is 0 Å². The lowest BCUT2D eigenvalue weighted by Crippen LogP contribution is -2.14. The normalized spacial score (nSPS) is 15.5. The van der Waals surface area contributed by atoms with Crippen molar-refractivity contribution in [2.45, 2.75) is 13.8 Å². The van der Waals surface area contributed by atoms with Gasteiger partial charge in [0.05, 0.1) is 18.6 Å². The highest BCUT2D eigenvalue weighted by molar-refractivity contribution is 8.18. The molecule has 1 aliphatic rings. The lowest BCUT2D eigenvalue weighted by Gasteiger charge is -2.10. The number of rotatable bonds is 8. The Hall–Kier alpha value is -3.78. The fourth-order valence-electron chi connectivity index (χ4n) is 3.15. The van der Waals surface area contributed by atoms with Crippen molar-refractivity contribution in [2.24, 2.45) is 4.99 Å². The molecule has 0 saturated carbocycles. The Morgan fingerprint density at radius 1 is 1.18 bits per heavy atom. The van der Waals surface area contributed by atoms with Gasteiger partial charge in [0.25, 0.3) is 5.91 Å². The first kappa shape index (κ1) is 24.9. The molecule has 34 heavy (non-hydrogen) atoms. The minimum atomic E-state index is -0.752. The summed E-state index contributed by atoms with van der Waals surface area (Å²) in [6, 6.07) is 12.3. The van der Waals surface area contributed by atoms with Gasteiger partial charge in [-0.3, -0.25) is 4.79 Å². The summed E-state index contributed by atoms with van der Waals surface area (Å²) >= 11 is 1.02. The van der Waals surface area contributed by atoms with Crippen LogP contribution in [0.2, 0.25) is 0 Å². The van der Waals surface area contributed by atoms with Gasteiger partial charge in [0.15, 0.2) is 11.5 Å². The van der Waals surface area contributed by atoms with Gasteiger partial charge in [-0.2, -0.15) is 0 Å². The van der Waals surface area contributed by atoms with E-state index in [0.29, 0.717) is 34.1 Å². The lowest BCUT2D eigenvalue weighted by molar-refractivity contribution is -0.138. The van der Waals surface area contributed by atoms with Crippen molar-refractivity contribution in [3.8, 4) is 11.5 Å². The number of carbonyl (C=O) groups excluding carboxylic acids is 2. The number of hydrogen-bond acceptors (Lipinski definition) is 7. The van der Waals surface area contributed by atoms with E-state index in [2.05, 4.69) is 11.6 Å². The number of thioether (sulfide) groups is 1. The molecular weight excluding hydrogens is 454 g/mol. The van der Waals surface area contributed by atoms with Gasteiger partial charge in [-0.15, -0.1) is 0 Å². The van der Waals surface area contributed by atoms with Crippen molar-refractivity contribution in [1.82, 2.24) is 0 Å². The highest BCUT2D eigenvalue weighted by Crippen LogP contribution is 2.40. The molecule has 1 amide bonds. The number of nitrogens with zero attached hydrogens (tertiary/aromatic N) is 1. The van der Waals surface area contributed by atoms with Crippen LogP contribution in [0.4, 0.5) is 0 Å². The van der Waals surface area contributed by atoms with E-state index in [-0.39, 0.29) is 23.0 Å². The molecule has 0 aromatic heterocycles. The third kappa shape index (κ3) is 5.58. The number of aliphatic hydroxyl groups is 1. The monoisotopic (exact) mass is 479 g/mol. The largest absolute Gasteiger partial charge is 0.506 e. The minimum absolute atomic E-state index is 0.0772. The Labute approximate surface area is 202 Å². The van der Waals surface area contributed by atoms with Gasteiger partial charge >= 0.3 is 5.97 Å². The third-order valence-electron chi connectivity index (χ3n) is 4.79. The number of aliphatic hydroxyl groups excluding tert-OH is 1. The Bertz CT molecular complexity index is 1210. The van der Waals surface area contributed by atoms with Gasteiger partial charge < -0.3 is 19.3 Å². The van der Waals surface area contributed by atoms with Crippen LogP contribution in [0.5, 0.6) is 11.5 Å². The number of ether oxygens (including phenoxy) is 3. The predicted molar refractivity (Wildman–Crippen MR) is 133 cm³/mol. The third-order valence-corrected chi connectivity index (χ3v) is 5.81. The molecule has 0 fully saturated rings. The second-order valence-corrected chi connectivity index (χ2v) is 8.13. The van der Waals surface area contributed by atoms with Gasteiger partial charge in [0, 0.05) is 5.56 Å². The number of hydrogen-bond donors (Lipinski definition) is 1. The molecule has 2 aromatic carbocycles. The summed E-state index contributed by atoms with van der Waals surface area (Å²) < 4.78 is 16.0. The van der Waals surface area contributed by atoms with E-state index in [1.807, 2.05) is 6.07 Å². The summed E-state index contributed by atoms with van der Waals surface area (Å²) in [6.07, 6.45) is 3.29. The summed E-state index contributed by atoms with van der Waals surface area (Å²) in [4.78, 5) is 29.9. The number of methoxy groups -OCH3 is 1. The van der Waals surface area contributed by atoms with E-state index in [0.717, 1.165) is 17.3 Å². The van der Waals surface area contributed by atoms with Crippen LogP contribution in [0, 0.1) is 6.92 Å². The molecule has 0 saturated heterocycles. The SMILES string of the molecule is C=CCOc1ccc(/C=C2\SC(=NC(=O)c3ccccc3C)C(C(=O)OCC)=C2O)cc1OC. The molecule has 176 valence electrons. The van der Waals surface area contributed by atoms with E-state index in [1.54, 1.807) is 62.4 Å². The zero-order valence-corrected chi connectivity index (χ0v) is 20.0. The number of aryl methyl sites for hydroxylation is 1. The number of aliphatic imine (C=N–C) groups is 1. The van der Waals surface area contributed by atoms with Crippen molar-refractivity contribution in [3.63, 3.8) is 0 Å². The lowest BCUT2D eigenvalue weighted by atomic mass is 10.1. The standard InChI is InChI=1S/C26H25NO6S/c1-5-13-33-19-12-11-17(14-20(19)31-4)15-21-23(28)22(26(30)32-6-2)25(34-21)27-24(29)18-10-8-7-9-16(18)3/h5,7-12,14-15,28H,1,6,13H2,2-4H3/b21-15-,27-25?. The molecule has 7 nitrogen and oxygen atoms in total. The van der Waals surface area contributed by atoms with Gasteiger partial charge in [-0.05, 0) is 49.2 Å². The van der Waals surface area contributed by atoms with E-state index < -0.39 is 11.9 Å². The molecule has 1 N–H and O–H groups in total. The number of benzene rings is 2. The maximum atomic E-state index is 12.8. The molecule has 3 rings (SSSR count). The Kier molecular flexibility index (Phi) is 8.32. The van der Waals surface area contributed by atoms with Crippen LogP contribution in [-0.4, -0.2) is 42.4 Å². The maximum Gasteiger partial charge on any atom is 0.344 e. The van der Waals surface area contributed by atoms with Gasteiger partial charge in [-0.25, -0.2) is 9.79 Å². The summed E-state index contributed by atoms with van der Waals surface area (Å²) in [7, 11) is 1.52. The predicted octanol–water partition coefficient (Wildman–Crippen LogP) is 5.27. The van der Waals surface area contributed by atoms with Gasteiger partial charge in [0.1, 0.15) is 23.0 Å². The van der Waals surface area contributed by atoms with Gasteiger partial charge in [-0.1, -0.05) is 48.7 Å². The Morgan fingerprint density at radius 3 is 2.62 bits per heavy atom. The number of carbonyl (C=O) groups is 2. The molecule has 1 aliphatic heterocycles. The molecule has 8 heteroatoms. The summed E-state index contributed by atoms with van der Waals surface area (Å²) in [6.45, 7) is 7.53. The van der Waals surface area contributed by atoms with Crippen molar-refractivity contribution < 1.29 is 28.9 Å². The zero-order valence-electron chi connectivity index (χ0n) is 19.2. The van der Waals surface area contributed by atoms with Crippen molar-refractivity contribution in [2.75, 3.05) is 20.3 Å². The molecule has 1 heterocycles. The van der Waals surface area contributed by atoms with E-state index in [9.17, 15) is 14.7 Å². The summed E-state index contributed by atoms with van der Waals surface area (Å²) in [5.41, 5.74) is 1.72. The van der Waals surface area contributed by atoms with Gasteiger partial charge in [0.2, 0.25) is 0 Å². The Morgan fingerprint density at radius 2 is 1.94 bits per heavy atom. The fourth-order valence-corrected chi connectivity index (χ4v) is 4.16. The maximum absolute atomic E-state index is 12.8. The van der Waals surface area contributed by atoms with Crippen molar-refractivity contribution in [3.05, 3.63) is 88.0 Å². The van der Waals surface area contributed by atoms with Crippen LogP contribution in [-0.2, 0) is 9.53 Å². The molecule has 0 aliphatic carbocycles. The number of amides is 1. The number of esters is 1. The molecule has 0 bridgehead atoms. The average Bonchev–Trinajstić information content (AvgIpc) is 3.12. The molecular formula is C26H25NO6S. The van der Waals surface area contributed by atoms with Crippen LogP contribution < -0.4 is 9.47 Å². The van der Waals surface area contributed by atoms with Crippen LogP contribution in [0.1, 0.15) is 28.4 Å². The van der Waals surface area contributed by atoms with Crippen LogP contribution in [0.25, 0.3) is 6.08 Å². The molecule has 0 radical (unpaired) electrons. The second kappa shape index (κ2) is 11.4. The Balaban J connectivity index is 2.00. The summed E-state index contributed by atoms with van der Waals surface area (Å²) in [5.74, 6) is -0.524. The first-order valence-corrected chi connectivity index (χ1v) is 11.3. The second-order valence-electron chi connectivity index (χ2n) is 7.10. The highest BCUT2D eigenvalue weighted by atomic mass is 32.2. The quantitative estimate of drug-likeness (QED) is 0.407. The first-order valence-electron chi connectivity index (χ1n) is 10.5. The van der Waals surface area contributed by atoms with E-state index in [1.165, 1.54) is 7.11 Å². The smallest absolute Gasteiger partial charge is 0.344 e. The average molecular weight is 480 g/mol. The molecule has 0 unspecified atom stereocenters. The van der Waals surface area contributed by atoms with Crippen molar-refractivity contribution >= 4 is 34.8 Å². The molecule has 2 aromatic rings. The minimum Gasteiger partial charge on any atom is -0.506 e. The van der Waals surface area contributed by atoms with E-state index in [4.69, 9.17) is 14.2 Å². The zero-order chi connectivity index (χ0) is 24.7.